The third-order valence-electron chi connectivity index (χ3n) is 2.56. The number of benzene rings is 1. The molecule has 0 saturated heterocycles. The summed E-state index contributed by atoms with van der Waals surface area (Å²) in [5.41, 5.74) is 1.83. The van der Waals surface area contributed by atoms with Crippen LogP contribution in [0.4, 0.5) is 0 Å². The average Bonchev–Trinajstić information content (AvgIpc) is 2.38. The van der Waals surface area contributed by atoms with Crippen LogP contribution >= 0.6 is 0 Å². The molecule has 0 unspecified atom stereocenters. The number of ether oxygens (including phenoxy) is 1. The fraction of sp³-hybridized carbons (Fsp3) is 0.154. The number of hydrogen-bond donors (Lipinski definition) is 0. The van der Waals surface area contributed by atoms with Crippen LogP contribution in [0.3, 0.4) is 0 Å². The van der Waals surface area contributed by atoms with Gasteiger partial charge in [-0.1, -0.05) is 12.1 Å². The number of nitrogens with zero attached hydrogens (tertiary/aromatic N) is 1. The van der Waals surface area contributed by atoms with E-state index in [4.69, 9.17) is 4.74 Å². The van der Waals surface area contributed by atoms with Crippen molar-refractivity contribution in [3.05, 3.63) is 42.6 Å². The Hall–Kier alpha value is -1.88. The molecule has 0 aliphatic carbocycles. The first-order valence-corrected chi connectivity index (χ1v) is 7.20. The standard InChI is InChI=1S/C13H13NO3S/c1-17-13-8-5-11(9-14-13)10-3-6-12(7-4-10)18(2,15)16/h3-9H,1-2H3. The second kappa shape index (κ2) is 4.78. The Labute approximate surface area is 106 Å². The molecular formula is C13H13NO3S. The highest BCUT2D eigenvalue weighted by atomic mass is 32.2. The molecule has 94 valence electrons. The van der Waals surface area contributed by atoms with Gasteiger partial charge in [-0.15, -0.1) is 0 Å². The van der Waals surface area contributed by atoms with E-state index in [9.17, 15) is 8.42 Å². The van der Waals surface area contributed by atoms with Gasteiger partial charge in [0.15, 0.2) is 9.84 Å². The van der Waals surface area contributed by atoms with E-state index >= 15 is 0 Å². The van der Waals surface area contributed by atoms with Gasteiger partial charge in [-0.2, -0.15) is 0 Å². The summed E-state index contributed by atoms with van der Waals surface area (Å²) in [6.07, 6.45) is 2.88. The second-order valence-corrected chi connectivity index (χ2v) is 5.90. The van der Waals surface area contributed by atoms with Crippen molar-refractivity contribution in [3.63, 3.8) is 0 Å². The first-order valence-electron chi connectivity index (χ1n) is 5.31. The van der Waals surface area contributed by atoms with E-state index < -0.39 is 9.84 Å². The molecule has 0 N–H and O–H groups in total. The molecule has 0 amide bonds. The lowest BCUT2D eigenvalue weighted by atomic mass is 10.1. The van der Waals surface area contributed by atoms with Crippen molar-refractivity contribution in [1.29, 1.82) is 0 Å². The largest absolute Gasteiger partial charge is 0.481 e. The van der Waals surface area contributed by atoms with Crippen LogP contribution in [0.1, 0.15) is 0 Å². The lowest BCUT2D eigenvalue weighted by Crippen LogP contribution is -1.96. The molecule has 0 aliphatic heterocycles. The van der Waals surface area contributed by atoms with Gasteiger partial charge in [0, 0.05) is 24.1 Å². The number of pyridine rings is 1. The molecule has 0 aliphatic rings. The number of methoxy groups -OCH3 is 1. The monoisotopic (exact) mass is 263 g/mol. The van der Waals surface area contributed by atoms with Gasteiger partial charge in [0.25, 0.3) is 0 Å². The minimum atomic E-state index is -3.15. The van der Waals surface area contributed by atoms with Gasteiger partial charge in [-0.3, -0.25) is 0 Å². The lowest BCUT2D eigenvalue weighted by molar-refractivity contribution is 0.398. The van der Waals surface area contributed by atoms with Crippen molar-refractivity contribution in [2.45, 2.75) is 4.90 Å². The molecule has 1 aromatic heterocycles. The first-order chi connectivity index (χ1) is 8.50. The highest BCUT2D eigenvalue weighted by Crippen LogP contribution is 2.21. The van der Waals surface area contributed by atoms with E-state index in [1.165, 1.54) is 6.26 Å². The molecule has 1 heterocycles. The third kappa shape index (κ3) is 2.68. The third-order valence-corrected chi connectivity index (χ3v) is 3.69. The predicted molar refractivity (Wildman–Crippen MR) is 69.3 cm³/mol. The van der Waals surface area contributed by atoms with E-state index in [2.05, 4.69) is 4.98 Å². The molecule has 1 aromatic carbocycles. The molecular weight excluding hydrogens is 250 g/mol. The van der Waals surface area contributed by atoms with Crippen molar-refractivity contribution in [1.82, 2.24) is 4.98 Å². The van der Waals surface area contributed by atoms with Gasteiger partial charge < -0.3 is 4.74 Å². The molecule has 0 atom stereocenters. The highest BCUT2D eigenvalue weighted by molar-refractivity contribution is 7.90. The topological polar surface area (TPSA) is 56.3 Å². The fourth-order valence-corrected chi connectivity index (χ4v) is 2.20. The van der Waals surface area contributed by atoms with E-state index in [1.54, 1.807) is 43.6 Å². The van der Waals surface area contributed by atoms with Gasteiger partial charge in [-0.25, -0.2) is 13.4 Å². The Balaban J connectivity index is 2.34. The van der Waals surface area contributed by atoms with Crippen molar-refractivity contribution >= 4 is 9.84 Å². The summed E-state index contributed by atoms with van der Waals surface area (Å²) < 4.78 is 27.6. The van der Waals surface area contributed by atoms with Crippen LogP contribution in [-0.2, 0) is 9.84 Å². The van der Waals surface area contributed by atoms with Gasteiger partial charge in [0.2, 0.25) is 5.88 Å². The Bertz CT molecular complexity index is 631. The average molecular weight is 263 g/mol. The second-order valence-electron chi connectivity index (χ2n) is 3.89. The van der Waals surface area contributed by atoms with Crippen LogP contribution in [0.25, 0.3) is 11.1 Å². The van der Waals surface area contributed by atoms with Gasteiger partial charge >= 0.3 is 0 Å². The SMILES string of the molecule is COc1ccc(-c2ccc(S(C)(=O)=O)cc2)cn1. The highest BCUT2D eigenvalue weighted by Gasteiger charge is 2.07. The zero-order chi connectivity index (χ0) is 13.2. The molecule has 2 rings (SSSR count). The van der Waals surface area contributed by atoms with E-state index in [1.807, 2.05) is 6.07 Å². The lowest BCUT2D eigenvalue weighted by Gasteiger charge is -2.04. The van der Waals surface area contributed by atoms with Gasteiger partial charge in [-0.05, 0) is 23.8 Å². The Morgan fingerprint density at radius 2 is 1.61 bits per heavy atom. The van der Waals surface area contributed by atoms with E-state index in [0.717, 1.165) is 11.1 Å². The van der Waals surface area contributed by atoms with Gasteiger partial charge in [0.1, 0.15) is 0 Å². The maximum absolute atomic E-state index is 11.3. The molecule has 0 fully saturated rings. The summed E-state index contributed by atoms with van der Waals surface area (Å²) >= 11 is 0. The number of aromatic nitrogens is 1. The minimum absolute atomic E-state index is 0.313. The number of sulfone groups is 1. The van der Waals surface area contributed by atoms with Crippen LogP contribution in [0.2, 0.25) is 0 Å². The maximum Gasteiger partial charge on any atom is 0.212 e. The summed E-state index contributed by atoms with van der Waals surface area (Å²) in [5, 5.41) is 0. The number of rotatable bonds is 3. The molecule has 0 bridgehead atoms. The molecule has 18 heavy (non-hydrogen) atoms. The first kappa shape index (κ1) is 12.6. The molecule has 0 spiro atoms. The zero-order valence-electron chi connectivity index (χ0n) is 10.1. The van der Waals surface area contributed by atoms with Crippen LogP contribution < -0.4 is 4.74 Å². The van der Waals surface area contributed by atoms with Gasteiger partial charge in [0.05, 0.1) is 12.0 Å². The smallest absolute Gasteiger partial charge is 0.212 e. The van der Waals surface area contributed by atoms with Crippen LogP contribution in [0.15, 0.2) is 47.5 Å². The molecule has 2 aromatic rings. The van der Waals surface area contributed by atoms with Crippen molar-refractivity contribution < 1.29 is 13.2 Å². The quantitative estimate of drug-likeness (QED) is 0.851. The predicted octanol–water partition coefficient (Wildman–Crippen LogP) is 2.16. The summed E-state index contributed by atoms with van der Waals surface area (Å²) in [6.45, 7) is 0. The van der Waals surface area contributed by atoms with Crippen LogP contribution in [0, 0.1) is 0 Å². The minimum Gasteiger partial charge on any atom is -0.481 e. The number of hydrogen-bond acceptors (Lipinski definition) is 4. The summed E-state index contributed by atoms with van der Waals surface area (Å²) in [4.78, 5) is 4.42. The summed E-state index contributed by atoms with van der Waals surface area (Å²) in [7, 11) is -1.59. The van der Waals surface area contributed by atoms with Crippen molar-refractivity contribution in [2.75, 3.05) is 13.4 Å². The van der Waals surface area contributed by atoms with E-state index in [0.29, 0.717) is 10.8 Å². The van der Waals surface area contributed by atoms with Crippen molar-refractivity contribution in [2.24, 2.45) is 0 Å². The van der Waals surface area contributed by atoms with Crippen LogP contribution in [-0.4, -0.2) is 26.8 Å². The molecule has 5 heteroatoms. The van der Waals surface area contributed by atoms with Crippen molar-refractivity contribution in [3.8, 4) is 17.0 Å². The normalized spacial score (nSPS) is 11.2. The maximum atomic E-state index is 11.3. The summed E-state index contributed by atoms with van der Waals surface area (Å²) in [5.74, 6) is 0.548. The molecule has 4 nitrogen and oxygen atoms in total. The fourth-order valence-electron chi connectivity index (χ4n) is 1.57. The molecule has 0 radical (unpaired) electrons. The molecule has 0 saturated carbocycles. The Kier molecular flexibility index (Phi) is 3.34. The Morgan fingerprint density at radius 1 is 1.00 bits per heavy atom. The summed E-state index contributed by atoms with van der Waals surface area (Å²) in [6, 6.07) is 10.4. The zero-order valence-corrected chi connectivity index (χ0v) is 10.9. The Morgan fingerprint density at radius 3 is 2.06 bits per heavy atom. The van der Waals surface area contributed by atoms with E-state index in [-0.39, 0.29) is 0 Å². The van der Waals surface area contributed by atoms with Crippen LogP contribution in [0.5, 0.6) is 5.88 Å².